The Hall–Kier alpha value is -3.36. The van der Waals surface area contributed by atoms with Crippen LogP contribution in [-0.4, -0.2) is 35.9 Å². The van der Waals surface area contributed by atoms with E-state index in [9.17, 15) is 4.79 Å². The molecule has 2 aromatic carbocycles. The lowest BCUT2D eigenvalue weighted by Crippen LogP contribution is -2.14. The molecule has 0 unspecified atom stereocenters. The van der Waals surface area contributed by atoms with Crippen molar-refractivity contribution in [3.63, 3.8) is 0 Å². The van der Waals surface area contributed by atoms with Crippen molar-refractivity contribution < 1.29 is 4.79 Å². The van der Waals surface area contributed by atoms with Gasteiger partial charge in [0, 0.05) is 28.7 Å². The van der Waals surface area contributed by atoms with Crippen molar-refractivity contribution >= 4 is 46.1 Å². The number of nitrogens with one attached hydrogen (secondary N) is 1. The number of hydrogen-bond donors (Lipinski definition) is 1. The summed E-state index contributed by atoms with van der Waals surface area (Å²) in [5, 5.41) is 17.5. The zero-order valence-corrected chi connectivity index (χ0v) is 19.0. The van der Waals surface area contributed by atoms with E-state index in [0.29, 0.717) is 21.5 Å². The number of benzene rings is 2. The molecule has 3 heterocycles. The lowest BCUT2D eigenvalue weighted by atomic mass is 10.0. The molecule has 1 N–H and O–H groups in total. The van der Waals surface area contributed by atoms with E-state index < -0.39 is 0 Å². The summed E-state index contributed by atoms with van der Waals surface area (Å²) in [5.41, 5.74) is 6.58. The number of thioether (sulfide) groups is 1. The maximum atomic E-state index is 12.3. The summed E-state index contributed by atoms with van der Waals surface area (Å²) in [5.74, 6) is 0.0819. The number of fused-ring (bicyclic) bond motifs is 3. The highest BCUT2D eigenvalue weighted by atomic mass is 35.5. The molecule has 32 heavy (non-hydrogen) atoms. The Morgan fingerprint density at radius 3 is 2.69 bits per heavy atom. The maximum absolute atomic E-state index is 12.3. The molecule has 0 spiro atoms. The average Bonchev–Trinajstić information content (AvgIpc) is 3.39. The van der Waals surface area contributed by atoms with Crippen LogP contribution in [0, 0.1) is 13.8 Å². The second-order valence-corrected chi connectivity index (χ2v) is 8.87. The summed E-state index contributed by atoms with van der Waals surface area (Å²) >= 11 is 7.21. The van der Waals surface area contributed by atoms with Gasteiger partial charge in [-0.3, -0.25) is 9.20 Å². The number of nitrogens with zero attached hydrogens (tertiary/aromatic N) is 5. The van der Waals surface area contributed by atoms with Crippen molar-refractivity contribution in [2.45, 2.75) is 19.0 Å². The molecule has 0 radical (unpaired) electrons. The van der Waals surface area contributed by atoms with Crippen molar-refractivity contribution in [2.75, 3.05) is 11.1 Å². The van der Waals surface area contributed by atoms with Crippen LogP contribution in [0.3, 0.4) is 0 Å². The number of halogens is 1. The molecule has 7 nitrogen and oxygen atoms in total. The van der Waals surface area contributed by atoms with Crippen molar-refractivity contribution in [1.29, 1.82) is 0 Å². The van der Waals surface area contributed by atoms with Gasteiger partial charge in [0.05, 0.1) is 11.4 Å². The minimum absolute atomic E-state index is 0.128. The predicted octanol–water partition coefficient (Wildman–Crippen LogP) is 5.05. The summed E-state index contributed by atoms with van der Waals surface area (Å²) in [6.07, 6.45) is 3.74. The van der Waals surface area contributed by atoms with E-state index in [1.165, 1.54) is 22.9 Å². The van der Waals surface area contributed by atoms with E-state index in [-0.39, 0.29) is 11.7 Å². The van der Waals surface area contributed by atoms with Gasteiger partial charge in [-0.25, -0.2) is 4.52 Å². The van der Waals surface area contributed by atoms with E-state index in [1.807, 2.05) is 27.4 Å². The minimum Gasteiger partial charge on any atom is -0.325 e. The quantitative estimate of drug-likeness (QED) is 0.370. The van der Waals surface area contributed by atoms with Crippen LogP contribution < -0.4 is 5.32 Å². The number of carbonyl (C=O) groups excluding carboxylic acids is 1. The second-order valence-electron chi connectivity index (χ2n) is 7.50. The molecule has 5 rings (SSSR count). The lowest BCUT2D eigenvalue weighted by Gasteiger charge is -2.04. The van der Waals surface area contributed by atoms with Gasteiger partial charge in [-0.15, -0.1) is 10.2 Å². The third-order valence-corrected chi connectivity index (χ3v) is 6.31. The van der Waals surface area contributed by atoms with Gasteiger partial charge in [-0.05, 0) is 55.8 Å². The molecule has 0 saturated carbocycles. The van der Waals surface area contributed by atoms with Crippen molar-refractivity contribution in [1.82, 2.24) is 24.2 Å². The molecule has 0 aliphatic rings. The number of aromatic nitrogens is 5. The number of amides is 1. The van der Waals surface area contributed by atoms with Crippen LogP contribution in [-0.2, 0) is 4.79 Å². The Bertz CT molecular complexity index is 1460. The monoisotopic (exact) mass is 462 g/mol. The van der Waals surface area contributed by atoms with Gasteiger partial charge in [-0.1, -0.05) is 41.1 Å². The minimum atomic E-state index is -0.128. The van der Waals surface area contributed by atoms with Crippen LogP contribution in [0.15, 0.2) is 66.1 Å². The van der Waals surface area contributed by atoms with Gasteiger partial charge in [0.25, 0.3) is 0 Å². The molecule has 0 bridgehead atoms. The Morgan fingerprint density at radius 2 is 1.88 bits per heavy atom. The first-order valence-corrected chi connectivity index (χ1v) is 11.3. The van der Waals surface area contributed by atoms with Crippen LogP contribution in [0.25, 0.3) is 22.4 Å². The van der Waals surface area contributed by atoms with Crippen LogP contribution in [0.5, 0.6) is 0 Å². The molecule has 1 amide bonds. The standard InChI is InChI=1S/C23H19ClN6OS/c1-14-3-4-15(2)18(11-14)19-12-20-22-26-27-23(29(22)9-10-30(20)28-19)32-13-21(31)25-17-7-5-16(24)6-8-17/h3-12H,13H2,1-2H3,(H,25,31). The van der Waals surface area contributed by atoms with E-state index >= 15 is 0 Å². The molecule has 9 heteroatoms. The summed E-state index contributed by atoms with van der Waals surface area (Å²) in [7, 11) is 0. The molecule has 0 aliphatic carbocycles. The molecular formula is C23H19ClN6OS. The first kappa shape index (κ1) is 20.5. The Labute approximate surface area is 193 Å². The number of carbonyl (C=O) groups is 1. The van der Waals surface area contributed by atoms with Gasteiger partial charge in [0.1, 0.15) is 5.52 Å². The zero-order valence-electron chi connectivity index (χ0n) is 17.4. The summed E-state index contributed by atoms with van der Waals surface area (Å²) in [6.45, 7) is 4.15. The molecule has 0 saturated heterocycles. The molecule has 5 aromatic rings. The van der Waals surface area contributed by atoms with Crippen LogP contribution in [0.4, 0.5) is 5.69 Å². The van der Waals surface area contributed by atoms with Gasteiger partial charge >= 0.3 is 0 Å². The first-order chi connectivity index (χ1) is 15.5. The van der Waals surface area contributed by atoms with Crippen molar-refractivity contribution in [2.24, 2.45) is 0 Å². The average molecular weight is 463 g/mol. The molecule has 160 valence electrons. The molecule has 0 aliphatic heterocycles. The predicted molar refractivity (Wildman–Crippen MR) is 127 cm³/mol. The molecule has 0 atom stereocenters. The summed E-state index contributed by atoms with van der Waals surface area (Å²) < 4.78 is 3.69. The highest BCUT2D eigenvalue weighted by Gasteiger charge is 2.15. The highest BCUT2D eigenvalue weighted by molar-refractivity contribution is 7.99. The topological polar surface area (TPSA) is 76.6 Å². The Balaban J connectivity index is 1.39. The van der Waals surface area contributed by atoms with Crippen LogP contribution in [0.2, 0.25) is 5.02 Å². The van der Waals surface area contributed by atoms with E-state index in [0.717, 1.165) is 16.8 Å². The fraction of sp³-hybridized carbons (Fsp3) is 0.130. The van der Waals surface area contributed by atoms with Crippen molar-refractivity contribution in [3.8, 4) is 11.3 Å². The third kappa shape index (κ3) is 3.94. The van der Waals surface area contributed by atoms with Crippen molar-refractivity contribution in [3.05, 3.63) is 77.1 Å². The Morgan fingerprint density at radius 1 is 1.06 bits per heavy atom. The van der Waals surface area contributed by atoms with Gasteiger partial charge < -0.3 is 5.32 Å². The van der Waals surface area contributed by atoms with Gasteiger partial charge in [-0.2, -0.15) is 5.10 Å². The number of rotatable bonds is 5. The van der Waals surface area contributed by atoms with E-state index in [4.69, 9.17) is 16.7 Å². The second kappa shape index (κ2) is 8.29. The highest BCUT2D eigenvalue weighted by Crippen LogP contribution is 2.27. The third-order valence-electron chi connectivity index (χ3n) is 5.12. The number of aryl methyl sites for hydroxylation is 2. The number of hydrogen-bond acceptors (Lipinski definition) is 5. The van der Waals surface area contributed by atoms with Gasteiger partial charge in [0.15, 0.2) is 10.8 Å². The summed E-state index contributed by atoms with van der Waals surface area (Å²) in [4.78, 5) is 12.3. The Kier molecular flexibility index (Phi) is 5.32. The maximum Gasteiger partial charge on any atom is 0.234 e. The first-order valence-electron chi connectivity index (χ1n) is 9.97. The van der Waals surface area contributed by atoms with Crippen LogP contribution in [0.1, 0.15) is 11.1 Å². The number of anilines is 1. The lowest BCUT2D eigenvalue weighted by molar-refractivity contribution is -0.113. The van der Waals surface area contributed by atoms with Gasteiger partial charge in [0.2, 0.25) is 5.91 Å². The molecular weight excluding hydrogens is 444 g/mol. The molecule has 3 aromatic heterocycles. The fourth-order valence-electron chi connectivity index (χ4n) is 3.49. The smallest absolute Gasteiger partial charge is 0.234 e. The fourth-order valence-corrected chi connectivity index (χ4v) is 4.34. The SMILES string of the molecule is Cc1ccc(C)c(-c2cc3c4nnc(SCC(=O)Nc5ccc(Cl)cc5)n4ccn3n2)c1. The normalized spacial score (nSPS) is 11.3. The molecule has 0 fully saturated rings. The largest absolute Gasteiger partial charge is 0.325 e. The zero-order chi connectivity index (χ0) is 22.2. The summed E-state index contributed by atoms with van der Waals surface area (Å²) in [6, 6.07) is 15.4. The van der Waals surface area contributed by atoms with Crippen LogP contribution >= 0.6 is 23.4 Å². The van der Waals surface area contributed by atoms with E-state index in [1.54, 1.807) is 24.3 Å². The van der Waals surface area contributed by atoms with E-state index in [2.05, 4.69) is 47.6 Å².